The van der Waals surface area contributed by atoms with Gasteiger partial charge in [0.25, 0.3) is 0 Å². The molecule has 0 fully saturated rings. The Kier molecular flexibility index (Phi) is 4.52. The molecule has 0 unspecified atom stereocenters. The van der Waals surface area contributed by atoms with E-state index in [0.717, 1.165) is 12.3 Å². The normalized spacial score (nSPS) is 11.8. The highest BCUT2D eigenvalue weighted by atomic mass is 35.5. The van der Waals surface area contributed by atoms with Crippen molar-refractivity contribution < 1.29 is 18.0 Å². The minimum atomic E-state index is -4.42. The fourth-order valence-electron chi connectivity index (χ4n) is 1.08. The second-order valence-corrected chi connectivity index (χ2v) is 3.41. The number of hydroxylamine groups is 1. The molecule has 1 heterocycles. The number of alkyl halides is 3. The fraction of sp³-hybridized carbons (Fsp3) is 0.444. The Morgan fingerprint density at radius 2 is 2.19 bits per heavy atom. The van der Waals surface area contributed by atoms with E-state index in [4.69, 9.17) is 11.6 Å². The third kappa shape index (κ3) is 3.62. The van der Waals surface area contributed by atoms with Crippen LogP contribution < -0.4 is 5.48 Å². The summed E-state index contributed by atoms with van der Waals surface area (Å²) in [5.74, 6) is 0. The van der Waals surface area contributed by atoms with Crippen LogP contribution in [0.1, 0.15) is 11.3 Å². The molecule has 0 amide bonds. The summed E-state index contributed by atoms with van der Waals surface area (Å²) in [5.41, 5.74) is 2.10. The molecule has 90 valence electrons. The Labute approximate surface area is 95.5 Å². The minimum absolute atomic E-state index is 0.00716. The van der Waals surface area contributed by atoms with Crippen molar-refractivity contribution in [3.63, 3.8) is 0 Å². The highest BCUT2D eigenvalue weighted by Crippen LogP contribution is 2.30. The van der Waals surface area contributed by atoms with Crippen LogP contribution in [-0.4, -0.2) is 18.6 Å². The molecule has 1 rings (SSSR count). The fourth-order valence-corrected chi connectivity index (χ4v) is 1.34. The maximum atomic E-state index is 12.3. The number of pyridine rings is 1. The number of aromatic nitrogens is 1. The summed E-state index contributed by atoms with van der Waals surface area (Å²) >= 11 is 5.68. The molecular formula is C9H10ClF3N2O. The standard InChI is InChI=1S/C9H10ClF3N2O/c1-16-15-3-2-8-7(10)4-6(5-14-8)9(11,12)13/h4-5,15H,2-3H2,1H3. The summed E-state index contributed by atoms with van der Waals surface area (Å²) in [6, 6.07) is 0.872. The summed E-state index contributed by atoms with van der Waals surface area (Å²) in [4.78, 5) is 8.25. The van der Waals surface area contributed by atoms with E-state index in [0.29, 0.717) is 18.7 Å². The predicted molar refractivity (Wildman–Crippen MR) is 53.0 cm³/mol. The lowest BCUT2D eigenvalue weighted by Gasteiger charge is -2.09. The van der Waals surface area contributed by atoms with Gasteiger partial charge in [-0.3, -0.25) is 4.98 Å². The molecule has 16 heavy (non-hydrogen) atoms. The molecule has 0 atom stereocenters. The number of halogens is 4. The topological polar surface area (TPSA) is 34.1 Å². The molecule has 3 nitrogen and oxygen atoms in total. The zero-order valence-electron chi connectivity index (χ0n) is 8.44. The van der Waals surface area contributed by atoms with Crippen molar-refractivity contribution in [2.75, 3.05) is 13.7 Å². The van der Waals surface area contributed by atoms with Gasteiger partial charge in [0.05, 0.1) is 23.4 Å². The molecule has 1 aromatic heterocycles. The van der Waals surface area contributed by atoms with E-state index in [1.807, 2.05) is 0 Å². The Morgan fingerprint density at radius 1 is 1.50 bits per heavy atom. The Morgan fingerprint density at radius 3 is 2.69 bits per heavy atom. The van der Waals surface area contributed by atoms with Gasteiger partial charge in [0.1, 0.15) is 0 Å². The second-order valence-electron chi connectivity index (χ2n) is 3.00. The maximum absolute atomic E-state index is 12.3. The zero-order chi connectivity index (χ0) is 12.2. The largest absolute Gasteiger partial charge is 0.417 e. The molecule has 1 aromatic rings. The predicted octanol–water partition coefficient (Wildman–Crippen LogP) is 2.45. The van der Waals surface area contributed by atoms with Crippen LogP contribution in [0, 0.1) is 0 Å². The van der Waals surface area contributed by atoms with Gasteiger partial charge in [-0.1, -0.05) is 11.6 Å². The van der Waals surface area contributed by atoms with Crippen molar-refractivity contribution in [2.45, 2.75) is 12.6 Å². The molecule has 7 heteroatoms. The van der Waals surface area contributed by atoms with Gasteiger partial charge in [-0.25, -0.2) is 5.48 Å². The number of hydrogen-bond donors (Lipinski definition) is 1. The van der Waals surface area contributed by atoms with Crippen LogP contribution in [0.4, 0.5) is 13.2 Å². The molecule has 0 radical (unpaired) electrons. The lowest BCUT2D eigenvalue weighted by molar-refractivity contribution is -0.137. The number of hydrogen-bond acceptors (Lipinski definition) is 3. The summed E-state index contributed by atoms with van der Waals surface area (Å²) in [6.07, 6.45) is -3.25. The van der Waals surface area contributed by atoms with Gasteiger partial charge >= 0.3 is 6.18 Å². The van der Waals surface area contributed by atoms with Crippen LogP contribution >= 0.6 is 11.6 Å². The van der Waals surface area contributed by atoms with E-state index in [9.17, 15) is 13.2 Å². The van der Waals surface area contributed by atoms with Gasteiger partial charge in [-0.05, 0) is 6.07 Å². The molecule has 0 saturated carbocycles. The van der Waals surface area contributed by atoms with Crippen molar-refractivity contribution in [1.82, 2.24) is 10.5 Å². The molecule has 0 aliphatic carbocycles. The van der Waals surface area contributed by atoms with Crippen LogP contribution in [0.5, 0.6) is 0 Å². The van der Waals surface area contributed by atoms with Gasteiger partial charge < -0.3 is 4.84 Å². The highest BCUT2D eigenvalue weighted by molar-refractivity contribution is 6.31. The third-order valence-electron chi connectivity index (χ3n) is 1.85. The van der Waals surface area contributed by atoms with Crippen LogP contribution in [0.3, 0.4) is 0 Å². The van der Waals surface area contributed by atoms with Gasteiger partial charge in [0, 0.05) is 19.2 Å². The van der Waals surface area contributed by atoms with Crippen molar-refractivity contribution in [2.24, 2.45) is 0 Å². The maximum Gasteiger partial charge on any atom is 0.417 e. The smallest absolute Gasteiger partial charge is 0.305 e. The van der Waals surface area contributed by atoms with Crippen LogP contribution in [-0.2, 0) is 17.4 Å². The third-order valence-corrected chi connectivity index (χ3v) is 2.18. The zero-order valence-corrected chi connectivity index (χ0v) is 9.19. The van der Waals surface area contributed by atoms with Crippen LogP contribution in [0.15, 0.2) is 12.3 Å². The number of nitrogens with zero attached hydrogens (tertiary/aromatic N) is 1. The van der Waals surface area contributed by atoms with Crippen molar-refractivity contribution >= 4 is 11.6 Å². The molecule has 1 N–H and O–H groups in total. The summed E-state index contributed by atoms with van der Waals surface area (Å²) < 4.78 is 36.8. The molecule has 0 spiro atoms. The first-order valence-electron chi connectivity index (χ1n) is 4.42. The molecule has 0 aliphatic heterocycles. The molecule has 0 aliphatic rings. The first-order valence-corrected chi connectivity index (χ1v) is 4.80. The quantitative estimate of drug-likeness (QED) is 0.662. The SMILES string of the molecule is CONCCc1ncc(C(F)(F)F)cc1Cl. The van der Waals surface area contributed by atoms with Gasteiger partial charge in [0.2, 0.25) is 0 Å². The Bertz CT molecular complexity index is 357. The average molecular weight is 255 g/mol. The van der Waals surface area contributed by atoms with Crippen molar-refractivity contribution in [3.05, 3.63) is 28.5 Å². The van der Waals surface area contributed by atoms with E-state index in [2.05, 4.69) is 15.3 Å². The molecule has 0 aromatic carbocycles. The summed E-state index contributed by atoms with van der Waals surface area (Å²) in [7, 11) is 1.45. The molecular weight excluding hydrogens is 245 g/mol. The minimum Gasteiger partial charge on any atom is -0.305 e. The van der Waals surface area contributed by atoms with Crippen LogP contribution in [0.25, 0.3) is 0 Å². The van der Waals surface area contributed by atoms with E-state index in [-0.39, 0.29) is 5.02 Å². The van der Waals surface area contributed by atoms with Gasteiger partial charge in [-0.2, -0.15) is 13.2 Å². The van der Waals surface area contributed by atoms with Crippen molar-refractivity contribution in [1.29, 1.82) is 0 Å². The van der Waals surface area contributed by atoms with E-state index >= 15 is 0 Å². The average Bonchev–Trinajstić information content (AvgIpc) is 2.19. The lowest BCUT2D eigenvalue weighted by Crippen LogP contribution is -2.16. The Balaban J connectivity index is 2.76. The number of nitrogens with one attached hydrogen (secondary N) is 1. The van der Waals surface area contributed by atoms with E-state index < -0.39 is 11.7 Å². The first-order chi connectivity index (χ1) is 7.45. The summed E-state index contributed by atoms with van der Waals surface area (Å²) in [6.45, 7) is 0.425. The first kappa shape index (κ1) is 13.2. The molecule has 0 saturated heterocycles. The van der Waals surface area contributed by atoms with Gasteiger partial charge in [0.15, 0.2) is 0 Å². The van der Waals surface area contributed by atoms with E-state index in [1.165, 1.54) is 7.11 Å². The Hall–Kier alpha value is -0.850. The highest BCUT2D eigenvalue weighted by Gasteiger charge is 2.31. The lowest BCUT2D eigenvalue weighted by atomic mass is 10.2. The second kappa shape index (κ2) is 5.47. The number of rotatable bonds is 4. The summed E-state index contributed by atoms with van der Waals surface area (Å²) in [5, 5.41) is 0.00716. The van der Waals surface area contributed by atoms with Gasteiger partial charge in [-0.15, -0.1) is 0 Å². The van der Waals surface area contributed by atoms with Crippen LogP contribution in [0.2, 0.25) is 5.02 Å². The van der Waals surface area contributed by atoms with Crippen molar-refractivity contribution in [3.8, 4) is 0 Å². The van der Waals surface area contributed by atoms with E-state index in [1.54, 1.807) is 0 Å². The molecule has 0 bridgehead atoms. The monoisotopic (exact) mass is 254 g/mol.